The first-order valence-electron chi connectivity index (χ1n) is 13.2. The molecule has 0 radical (unpaired) electrons. The van der Waals surface area contributed by atoms with E-state index in [1.54, 1.807) is 0 Å². The quantitative estimate of drug-likeness (QED) is 0.118. The smallest absolute Gasteiger partial charge is 0.140 e. The minimum atomic E-state index is 0.168. The van der Waals surface area contributed by atoms with Crippen LogP contribution in [0.2, 0.25) is 0 Å². The number of hydrogen-bond donors (Lipinski definition) is 0. The number of rotatable bonds is 24. The normalized spacial score (nSPS) is 11.1. The van der Waals surface area contributed by atoms with Gasteiger partial charge in [-0.1, -0.05) is 129 Å². The molecule has 0 atom stereocenters. The van der Waals surface area contributed by atoms with Crippen LogP contribution in [0.15, 0.2) is 0 Å². The Morgan fingerprint density at radius 1 is 0.379 bits per heavy atom. The molecular formula is C27H52O2. The average Bonchev–Trinajstić information content (AvgIpc) is 2.70. The summed E-state index contributed by atoms with van der Waals surface area (Å²) in [7, 11) is 0. The van der Waals surface area contributed by atoms with Gasteiger partial charge in [0.25, 0.3) is 0 Å². The molecule has 2 heteroatoms. The van der Waals surface area contributed by atoms with E-state index in [4.69, 9.17) is 0 Å². The standard InChI is InChI=1S/C27H52O2/c1-3-5-7-9-11-13-14-16-18-20-22-24-27(29)25-26(28)23-21-19-17-15-12-10-8-6-4-2/h3-25H2,1-2H3. The van der Waals surface area contributed by atoms with E-state index >= 15 is 0 Å². The van der Waals surface area contributed by atoms with Crippen LogP contribution in [0.1, 0.15) is 162 Å². The summed E-state index contributed by atoms with van der Waals surface area (Å²) < 4.78 is 0. The predicted octanol–water partition coefficient (Wildman–Crippen LogP) is 9.14. The van der Waals surface area contributed by atoms with E-state index < -0.39 is 0 Å². The number of Topliss-reactive ketones (excluding diaryl/α,β-unsaturated/α-hetero) is 2. The Kier molecular flexibility index (Phi) is 23.1. The van der Waals surface area contributed by atoms with Crippen LogP contribution in [0, 0.1) is 0 Å². The summed E-state index contributed by atoms with van der Waals surface area (Å²) in [4.78, 5) is 23.9. The highest BCUT2D eigenvalue weighted by molar-refractivity contribution is 5.98. The molecule has 0 spiro atoms. The van der Waals surface area contributed by atoms with Crippen molar-refractivity contribution in [3.8, 4) is 0 Å². The van der Waals surface area contributed by atoms with Gasteiger partial charge in [-0.15, -0.1) is 0 Å². The Hall–Kier alpha value is -0.660. The Labute approximate surface area is 183 Å². The number of carbonyl (C=O) groups is 2. The molecule has 0 rings (SSSR count). The fourth-order valence-electron chi connectivity index (χ4n) is 4.02. The number of carbonyl (C=O) groups excluding carboxylic acids is 2. The van der Waals surface area contributed by atoms with E-state index in [9.17, 15) is 9.59 Å². The van der Waals surface area contributed by atoms with Crippen molar-refractivity contribution in [3.63, 3.8) is 0 Å². The van der Waals surface area contributed by atoms with Crippen molar-refractivity contribution in [2.45, 2.75) is 162 Å². The van der Waals surface area contributed by atoms with Gasteiger partial charge in [-0.25, -0.2) is 0 Å². The van der Waals surface area contributed by atoms with Crippen molar-refractivity contribution < 1.29 is 9.59 Å². The summed E-state index contributed by atoms with van der Waals surface area (Å²) in [6, 6.07) is 0. The zero-order valence-electron chi connectivity index (χ0n) is 20.1. The van der Waals surface area contributed by atoms with E-state index in [0.717, 1.165) is 25.7 Å². The minimum absolute atomic E-state index is 0.168. The van der Waals surface area contributed by atoms with E-state index in [1.807, 2.05) is 0 Å². The highest BCUT2D eigenvalue weighted by Gasteiger charge is 2.09. The maximum atomic E-state index is 12.0. The lowest BCUT2D eigenvalue weighted by molar-refractivity contribution is -0.127. The fourth-order valence-corrected chi connectivity index (χ4v) is 4.02. The highest BCUT2D eigenvalue weighted by atomic mass is 16.1. The summed E-state index contributed by atoms with van der Waals surface area (Å²) in [5.41, 5.74) is 0. The molecule has 0 aromatic carbocycles. The summed E-state index contributed by atoms with van der Waals surface area (Å²) in [5, 5.41) is 0. The number of unbranched alkanes of at least 4 members (excludes halogenated alkanes) is 18. The topological polar surface area (TPSA) is 34.1 Å². The zero-order chi connectivity index (χ0) is 21.4. The maximum absolute atomic E-state index is 12.0. The molecule has 0 aliphatic rings. The van der Waals surface area contributed by atoms with Gasteiger partial charge in [0.1, 0.15) is 11.6 Å². The largest absolute Gasteiger partial charge is 0.299 e. The van der Waals surface area contributed by atoms with Crippen LogP contribution >= 0.6 is 0 Å². The lowest BCUT2D eigenvalue weighted by atomic mass is 10.0. The SMILES string of the molecule is CCCCCCCCCCCCCC(=O)CC(=O)CCCCCCCCCCC. The van der Waals surface area contributed by atoms with Gasteiger partial charge in [-0.2, -0.15) is 0 Å². The van der Waals surface area contributed by atoms with Crippen molar-refractivity contribution in [2.24, 2.45) is 0 Å². The van der Waals surface area contributed by atoms with Crippen LogP contribution in [0.25, 0.3) is 0 Å². The molecule has 172 valence electrons. The van der Waals surface area contributed by atoms with Crippen LogP contribution < -0.4 is 0 Å². The zero-order valence-corrected chi connectivity index (χ0v) is 20.1. The van der Waals surface area contributed by atoms with Crippen molar-refractivity contribution >= 4 is 11.6 Å². The first-order valence-corrected chi connectivity index (χ1v) is 13.2. The molecule has 0 N–H and O–H groups in total. The summed E-state index contributed by atoms with van der Waals surface area (Å²) >= 11 is 0. The summed E-state index contributed by atoms with van der Waals surface area (Å²) in [6.45, 7) is 4.51. The maximum Gasteiger partial charge on any atom is 0.140 e. The van der Waals surface area contributed by atoms with Gasteiger partial charge in [0.15, 0.2) is 0 Å². The van der Waals surface area contributed by atoms with Crippen molar-refractivity contribution in [3.05, 3.63) is 0 Å². The van der Waals surface area contributed by atoms with Gasteiger partial charge in [0.05, 0.1) is 6.42 Å². The van der Waals surface area contributed by atoms with Gasteiger partial charge in [0, 0.05) is 12.8 Å². The molecule has 0 aromatic heterocycles. The minimum Gasteiger partial charge on any atom is -0.299 e. The second kappa shape index (κ2) is 23.6. The molecule has 2 nitrogen and oxygen atoms in total. The number of hydrogen-bond acceptors (Lipinski definition) is 2. The highest BCUT2D eigenvalue weighted by Crippen LogP contribution is 2.13. The predicted molar refractivity (Wildman–Crippen MR) is 128 cm³/mol. The molecule has 0 heterocycles. The third kappa shape index (κ3) is 23.5. The van der Waals surface area contributed by atoms with Crippen LogP contribution in [0.4, 0.5) is 0 Å². The fraction of sp³-hybridized carbons (Fsp3) is 0.926. The van der Waals surface area contributed by atoms with E-state index in [1.165, 1.54) is 103 Å². The van der Waals surface area contributed by atoms with Gasteiger partial charge in [0.2, 0.25) is 0 Å². The molecule has 0 amide bonds. The summed E-state index contributed by atoms with van der Waals surface area (Å²) in [6.07, 6.45) is 27.1. The molecular weight excluding hydrogens is 356 g/mol. The van der Waals surface area contributed by atoms with Gasteiger partial charge >= 0.3 is 0 Å². The molecule has 0 aliphatic heterocycles. The van der Waals surface area contributed by atoms with E-state index in [2.05, 4.69) is 13.8 Å². The van der Waals surface area contributed by atoms with Crippen LogP contribution in [-0.4, -0.2) is 11.6 Å². The van der Waals surface area contributed by atoms with Crippen molar-refractivity contribution in [2.75, 3.05) is 0 Å². The lowest BCUT2D eigenvalue weighted by Crippen LogP contribution is -2.07. The molecule has 0 unspecified atom stereocenters. The average molecular weight is 409 g/mol. The van der Waals surface area contributed by atoms with E-state index in [-0.39, 0.29) is 18.0 Å². The summed E-state index contributed by atoms with van der Waals surface area (Å²) in [5.74, 6) is 0.336. The van der Waals surface area contributed by atoms with Crippen LogP contribution in [-0.2, 0) is 9.59 Å². The molecule has 0 bridgehead atoms. The van der Waals surface area contributed by atoms with Crippen molar-refractivity contribution in [1.82, 2.24) is 0 Å². The third-order valence-electron chi connectivity index (χ3n) is 6.01. The first kappa shape index (κ1) is 28.3. The molecule has 29 heavy (non-hydrogen) atoms. The second-order valence-electron chi connectivity index (χ2n) is 9.12. The first-order chi connectivity index (χ1) is 14.2. The molecule has 0 saturated carbocycles. The Balaban J connectivity index is 3.31. The Bertz CT molecular complexity index is 362. The van der Waals surface area contributed by atoms with Gasteiger partial charge in [-0.05, 0) is 12.8 Å². The molecule has 0 aromatic rings. The van der Waals surface area contributed by atoms with Gasteiger partial charge < -0.3 is 0 Å². The Morgan fingerprint density at radius 2 is 0.621 bits per heavy atom. The molecule has 0 fully saturated rings. The molecule has 0 saturated heterocycles. The third-order valence-corrected chi connectivity index (χ3v) is 6.01. The van der Waals surface area contributed by atoms with Crippen molar-refractivity contribution in [1.29, 1.82) is 0 Å². The van der Waals surface area contributed by atoms with Crippen LogP contribution in [0.3, 0.4) is 0 Å². The monoisotopic (exact) mass is 408 g/mol. The molecule has 0 aliphatic carbocycles. The van der Waals surface area contributed by atoms with E-state index in [0.29, 0.717) is 12.8 Å². The number of ketones is 2. The Morgan fingerprint density at radius 3 is 0.897 bits per heavy atom. The second-order valence-corrected chi connectivity index (χ2v) is 9.12. The van der Waals surface area contributed by atoms with Gasteiger partial charge in [-0.3, -0.25) is 9.59 Å². The van der Waals surface area contributed by atoms with Crippen LogP contribution in [0.5, 0.6) is 0 Å². The lowest BCUT2D eigenvalue weighted by Gasteiger charge is -2.04.